The van der Waals surface area contributed by atoms with E-state index in [0.29, 0.717) is 30.6 Å². The van der Waals surface area contributed by atoms with Crippen molar-refractivity contribution in [2.75, 3.05) is 20.3 Å². The number of ether oxygens (including phenoxy) is 3. The fraction of sp³-hybridized carbons (Fsp3) is 0.529. The zero-order chi connectivity index (χ0) is 18.3. The van der Waals surface area contributed by atoms with Gasteiger partial charge in [-0.15, -0.1) is 0 Å². The Kier molecular flexibility index (Phi) is 7.85. The highest BCUT2D eigenvalue weighted by molar-refractivity contribution is 6.32. The van der Waals surface area contributed by atoms with E-state index < -0.39 is 12.1 Å². The Hall–Kier alpha value is -1.95. The van der Waals surface area contributed by atoms with Crippen molar-refractivity contribution < 1.29 is 23.8 Å². The van der Waals surface area contributed by atoms with E-state index in [1.165, 1.54) is 26.2 Å². The van der Waals surface area contributed by atoms with Crippen molar-refractivity contribution in [1.82, 2.24) is 5.32 Å². The number of likely N-dealkylation sites (N-methyl/N-ethyl adjacent to an activating group) is 1. The Morgan fingerprint density at radius 1 is 1.25 bits per heavy atom. The Bertz CT molecular complexity index is 589. The molecule has 0 saturated carbocycles. The summed E-state index contributed by atoms with van der Waals surface area (Å²) in [6.07, 6.45) is -0.904. The molecule has 1 N–H and O–H groups in total. The lowest BCUT2D eigenvalue weighted by Crippen LogP contribution is -2.35. The summed E-state index contributed by atoms with van der Waals surface area (Å²) in [6.45, 7) is 8.23. The van der Waals surface area contributed by atoms with Gasteiger partial charge in [-0.2, -0.15) is 0 Å². The number of halogens is 1. The molecule has 1 aromatic carbocycles. The van der Waals surface area contributed by atoms with Crippen LogP contribution in [0.2, 0.25) is 5.02 Å². The maximum absolute atomic E-state index is 12.2. The average Bonchev–Trinajstić information content (AvgIpc) is 2.52. The lowest BCUT2D eigenvalue weighted by Gasteiger charge is -2.16. The van der Waals surface area contributed by atoms with Crippen molar-refractivity contribution in [1.29, 1.82) is 0 Å². The summed E-state index contributed by atoms with van der Waals surface area (Å²) in [5.74, 6) is 0.000424. The molecule has 0 spiro atoms. The van der Waals surface area contributed by atoms with E-state index in [4.69, 9.17) is 25.8 Å². The van der Waals surface area contributed by atoms with Crippen LogP contribution in [0.4, 0.5) is 0 Å². The predicted octanol–water partition coefficient (Wildman–Crippen LogP) is 3.06. The molecule has 1 rings (SSSR count). The monoisotopic (exact) mass is 357 g/mol. The van der Waals surface area contributed by atoms with Gasteiger partial charge in [0.1, 0.15) is 0 Å². The van der Waals surface area contributed by atoms with Crippen molar-refractivity contribution in [3.8, 4) is 11.5 Å². The SMILES string of the molecule is CCNC(=O)[C@@H](C)OC(=O)c1cc(Cl)c(OCC(C)C)c(OC)c1. The van der Waals surface area contributed by atoms with Gasteiger partial charge in [0.15, 0.2) is 17.6 Å². The summed E-state index contributed by atoms with van der Waals surface area (Å²) < 4.78 is 16.0. The van der Waals surface area contributed by atoms with Gasteiger partial charge in [0.25, 0.3) is 5.91 Å². The Balaban J connectivity index is 2.94. The van der Waals surface area contributed by atoms with Crippen LogP contribution in [-0.4, -0.2) is 38.2 Å². The number of methoxy groups -OCH3 is 1. The summed E-state index contributed by atoms with van der Waals surface area (Å²) in [6, 6.07) is 2.92. The van der Waals surface area contributed by atoms with E-state index in [1.54, 1.807) is 6.92 Å². The molecule has 24 heavy (non-hydrogen) atoms. The first-order chi connectivity index (χ1) is 11.3. The zero-order valence-electron chi connectivity index (χ0n) is 14.6. The van der Waals surface area contributed by atoms with Crippen LogP contribution in [0.25, 0.3) is 0 Å². The number of rotatable bonds is 8. The van der Waals surface area contributed by atoms with Crippen molar-refractivity contribution >= 4 is 23.5 Å². The van der Waals surface area contributed by atoms with Gasteiger partial charge in [-0.1, -0.05) is 25.4 Å². The van der Waals surface area contributed by atoms with Gasteiger partial charge in [0.2, 0.25) is 0 Å². The standard InChI is InChI=1S/C17H24ClNO5/c1-6-19-16(20)11(4)24-17(21)12-7-13(18)15(14(8-12)22-5)23-9-10(2)3/h7-8,10-11H,6,9H2,1-5H3,(H,19,20)/t11-/m1/s1. The van der Waals surface area contributed by atoms with Crippen LogP contribution >= 0.6 is 11.6 Å². The highest BCUT2D eigenvalue weighted by Crippen LogP contribution is 2.37. The molecule has 6 nitrogen and oxygen atoms in total. The summed E-state index contributed by atoms with van der Waals surface area (Å²) in [5.41, 5.74) is 0.185. The van der Waals surface area contributed by atoms with E-state index in [1.807, 2.05) is 13.8 Å². The summed E-state index contributed by atoms with van der Waals surface area (Å²) in [7, 11) is 1.46. The number of amides is 1. The Labute approximate surface area is 147 Å². The summed E-state index contributed by atoms with van der Waals surface area (Å²) in [5, 5.41) is 2.83. The van der Waals surface area contributed by atoms with E-state index in [9.17, 15) is 9.59 Å². The van der Waals surface area contributed by atoms with Crippen molar-refractivity contribution in [3.63, 3.8) is 0 Å². The smallest absolute Gasteiger partial charge is 0.339 e. The van der Waals surface area contributed by atoms with Crippen LogP contribution < -0.4 is 14.8 Å². The van der Waals surface area contributed by atoms with Gasteiger partial charge in [-0.05, 0) is 31.9 Å². The fourth-order valence-corrected chi connectivity index (χ4v) is 2.09. The van der Waals surface area contributed by atoms with Gasteiger partial charge in [0.05, 0.1) is 24.3 Å². The van der Waals surface area contributed by atoms with Crippen LogP contribution in [0.3, 0.4) is 0 Å². The summed E-state index contributed by atoms with van der Waals surface area (Å²) >= 11 is 6.20. The molecule has 0 fully saturated rings. The largest absolute Gasteiger partial charge is 0.493 e. The maximum atomic E-state index is 12.2. The van der Waals surface area contributed by atoms with Gasteiger partial charge in [-0.25, -0.2) is 4.79 Å². The zero-order valence-corrected chi connectivity index (χ0v) is 15.4. The molecule has 7 heteroatoms. The first-order valence-corrected chi connectivity index (χ1v) is 8.16. The molecule has 0 saturated heterocycles. The number of esters is 1. The van der Waals surface area contributed by atoms with Crippen LogP contribution in [0.1, 0.15) is 38.1 Å². The van der Waals surface area contributed by atoms with Gasteiger partial charge >= 0.3 is 5.97 Å². The first-order valence-electron chi connectivity index (χ1n) is 7.79. The summed E-state index contributed by atoms with van der Waals surface area (Å²) in [4.78, 5) is 23.8. The van der Waals surface area contributed by atoms with Crippen molar-refractivity contribution in [3.05, 3.63) is 22.7 Å². The Morgan fingerprint density at radius 2 is 1.92 bits per heavy atom. The molecule has 0 aliphatic rings. The van der Waals surface area contributed by atoms with Gasteiger partial charge in [0, 0.05) is 6.54 Å². The van der Waals surface area contributed by atoms with Crippen molar-refractivity contribution in [2.24, 2.45) is 5.92 Å². The molecule has 0 heterocycles. The molecular formula is C17H24ClNO5. The fourth-order valence-electron chi connectivity index (χ4n) is 1.83. The number of benzene rings is 1. The average molecular weight is 358 g/mol. The second-order valence-corrected chi connectivity index (χ2v) is 6.04. The van der Waals surface area contributed by atoms with Crippen LogP contribution in [0.15, 0.2) is 12.1 Å². The number of carbonyl (C=O) groups is 2. The lowest BCUT2D eigenvalue weighted by molar-refractivity contribution is -0.128. The second kappa shape index (κ2) is 9.37. The number of nitrogens with one attached hydrogen (secondary N) is 1. The third-order valence-corrected chi connectivity index (χ3v) is 3.31. The quantitative estimate of drug-likeness (QED) is 0.724. The number of carbonyl (C=O) groups excluding carboxylic acids is 2. The Morgan fingerprint density at radius 3 is 2.46 bits per heavy atom. The van der Waals surface area contributed by atoms with Crippen LogP contribution in [0, 0.1) is 5.92 Å². The molecule has 134 valence electrons. The highest BCUT2D eigenvalue weighted by Gasteiger charge is 2.21. The topological polar surface area (TPSA) is 73.9 Å². The van der Waals surface area contributed by atoms with Crippen LogP contribution in [-0.2, 0) is 9.53 Å². The minimum absolute atomic E-state index is 0.185. The van der Waals surface area contributed by atoms with Crippen molar-refractivity contribution in [2.45, 2.75) is 33.8 Å². The van der Waals surface area contributed by atoms with E-state index in [2.05, 4.69) is 5.32 Å². The second-order valence-electron chi connectivity index (χ2n) is 5.64. The molecule has 0 aliphatic carbocycles. The van der Waals surface area contributed by atoms with E-state index in [0.717, 1.165) is 0 Å². The molecule has 1 aromatic rings. The molecule has 0 unspecified atom stereocenters. The van der Waals surface area contributed by atoms with Gasteiger partial charge < -0.3 is 19.5 Å². The maximum Gasteiger partial charge on any atom is 0.339 e. The third kappa shape index (κ3) is 5.60. The minimum atomic E-state index is -0.904. The molecule has 1 atom stereocenters. The number of hydrogen-bond acceptors (Lipinski definition) is 5. The molecular weight excluding hydrogens is 334 g/mol. The third-order valence-electron chi connectivity index (χ3n) is 3.03. The first kappa shape index (κ1) is 20.1. The van der Waals surface area contributed by atoms with Crippen LogP contribution in [0.5, 0.6) is 11.5 Å². The normalized spacial score (nSPS) is 11.8. The molecule has 1 amide bonds. The van der Waals surface area contributed by atoms with E-state index >= 15 is 0 Å². The lowest BCUT2D eigenvalue weighted by atomic mass is 10.2. The molecule has 0 aromatic heterocycles. The van der Waals surface area contributed by atoms with Gasteiger partial charge in [-0.3, -0.25) is 4.79 Å². The minimum Gasteiger partial charge on any atom is -0.493 e. The molecule has 0 aliphatic heterocycles. The number of hydrogen-bond donors (Lipinski definition) is 1. The molecule has 0 bridgehead atoms. The molecule has 0 radical (unpaired) electrons. The predicted molar refractivity (Wildman–Crippen MR) is 91.9 cm³/mol. The highest BCUT2D eigenvalue weighted by atomic mass is 35.5. The van der Waals surface area contributed by atoms with E-state index in [-0.39, 0.29) is 16.5 Å².